The van der Waals surface area contributed by atoms with Gasteiger partial charge in [-0.05, 0) is 81.0 Å². The molecule has 4 amide bonds. The van der Waals surface area contributed by atoms with E-state index in [1.807, 2.05) is 82.3 Å². The highest BCUT2D eigenvalue weighted by molar-refractivity contribution is 5.96. The Morgan fingerprint density at radius 1 is 0.915 bits per heavy atom. The second kappa shape index (κ2) is 22.4. The van der Waals surface area contributed by atoms with E-state index in [1.165, 1.54) is 4.90 Å². The largest absolute Gasteiger partial charge is 0.480 e. The number of guanidine groups is 1. The number of ketones is 1. The van der Waals surface area contributed by atoms with Gasteiger partial charge in [0.15, 0.2) is 11.7 Å². The molecule has 15 nitrogen and oxygen atoms in total. The van der Waals surface area contributed by atoms with Crippen LogP contribution < -0.4 is 27.4 Å². The molecule has 0 bridgehead atoms. The maximum absolute atomic E-state index is 14.3. The SMILES string of the molecule is CC.CC(C)=CC[C@@H]1NC(=O)C2CCCN2C(=O)[C@@H](NC(=O)OCC2c3ccccc3-c3ccccc32)CCCC[C@@H](C(=O)O)NC(=O)[C@H](CCCN=C(N)N)CC1=O. The van der Waals surface area contributed by atoms with Crippen molar-refractivity contribution >= 4 is 41.5 Å². The molecule has 2 aromatic rings. The monoisotopic (exact) mass is 815 g/mol. The number of carboxylic acids is 1. The normalized spacial score (nSPS) is 22.5. The molecule has 0 radical (unpaired) electrons. The molecule has 0 aromatic heterocycles. The van der Waals surface area contributed by atoms with Crippen molar-refractivity contribution < 1.29 is 38.6 Å². The number of aliphatic carboxylic acids is 1. The van der Waals surface area contributed by atoms with Crippen LogP contribution in [0.4, 0.5) is 4.79 Å². The van der Waals surface area contributed by atoms with Gasteiger partial charge in [0, 0.05) is 31.3 Å². The van der Waals surface area contributed by atoms with Crippen LogP contribution in [0.5, 0.6) is 0 Å². The third-order valence-electron chi connectivity index (χ3n) is 10.9. The van der Waals surface area contributed by atoms with Gasteiger partial charge in [0.2, 0.25) is 17.7 Å². The zero-order valence-corrected chi connectivity index (χ0v) is 34.7. The predicted molar refractivity (Wildman–Crippen MR) is 225 cm³/mol. The first kappa shape index (κ1) is 46.0. The Kier molecular flexibility index (Phi) is 17.5. The number of nitrogens with zero attached hydrogens (tertiary/aromatic N) is 2. The number of allylic oxidation sites excluding steroid dienone is 1. The molecule has 1 unspecified atom stereocenters. The number of hydrogen-bond donors (Lipinski definition) is 6. The number of nitrogens with two attached hydrogens (primary N) is 2. The number of aliphatic imine (C=N–C) groups is 1. The fourth-order valence-corrected chi connectivity index (χ4v) is 7.94. The zero-order chi connectivity index (χ0) is 43.1. The summed E-state index contributed by atoms with van der Waals surface area (Å²) in [6, 6.07) is 11.6. The lowest BCUT2D eigenvalue weighted by molar-refractivity contribution is -0.143. The van der Waals surface area contributed by atoms with E-state index in [0.717, 1.165) is 27.8 Å². The molecule has 2 fully saturated rings. The number of amides is 4. The summed E-state index contributed by atoms with van der Waals surface area (Å²) in [5.74, 6) is -4.47. The molecule has 320 valence electrons. The van der Waals surface area contributed by atoms with Crippen LogP contribution in [0.1, 0.15) is 109 Å². The predicted octanol–water partition coefficient (Wildman–Crippen LogP) is 4.52. The van der Waals surface area contributed by atoms with Crippen molar-refractivity contribution in [3.05, 3.63) is 71.3 Å². The minimum absolute atomic E-state index is 0.0336. The number of Topliss-reactive ketones (excluding diaryl/α,β-unsaturated/α-hetero) is 1. The molecule has 15 heteroatoms. The van der Waals surface area contributed by atoms with Crippen LogP contribution in [0, 0.1) is 5.92 Å². The van der Waals surface area contributed by atoms with E-state index in [2.05, 4.69) is 20.9 Å². The zero-order valence-electron chi connectivity index (χ0n) is 34.7. The summed E-state index contributed by atoms with van der Waals surface area (Å²) in [5.41, 5.74) is 16.0. The highest BCUT2D eigenvalue weighted by Gasteiger charge is 2.40. The van der Waals surface area contributed by atoms with Gasteiger partial charge in [-0.3, -0.25) is 24.2 Å². The molecule has 5 atom stereocenters. The Bertz CT molecular complexity index is 1830. The number of hydrogen-bond acceptors (Lipinski definition) is 8. The van der Waals surface area contributed by atoms with Crippen molar-refractivity contribution in [3.8, 4) is 11.1 Å². The number of carbonyl (C=O) groups is 6. The van der Waals surface area contributed by atoms with Gasteiger partial charge >= 0.3 is 12.1 Å². The van der Waals surface area contributed by atoms with Gasteiger partial charge in [0.1, 0.15) is 24.7 Å². The first-order chi connectivity index (χ1) is 28.3. The number of fused-ring (bicyclic) bond motifs is 4. The van der Waals surface area contributed by atoms with Crippen LogP contribution >= 0.6 is 0 Å². The first-order valence-corrected chi connectivity index (χ1v) is 20.8. The maximum atomic E-state index is 14.3. The molecule has 0 saturated carbocycles. The summed E-state index contributed by atoms with van der Waals surface area (Å²) in [5, 5.41) is 18.3. The number of ether oxygens (including phenoxy) is 1. The fraction of sp³-hybridized carbons (Fsp3) is 0.523. The van der Waals surface area contributed by atoms with Crippen molar-refractivity contribution in [1.82, 2.24) is 20.9 Å². The molecule has 0 spiro atoms. The van der Waals surface area contributed by atoms with Crippen LogP contribution in [-0.2, 0) is 28.7 Å². The van der Waals surface area contributed by atoms with Crippen LogP contribution in [0.25, 0.3) is 11.1 Å². The van der Waals surface area contributed by atoms with Crippen molar-refractivity contribution in [3.63, 3.8) is 0 Å². The third-order valence-corrected chi connectivity index (χ3v) is 10.9. The van der Waals surface area contributed by atoms with Crippen molar-refractivity contribution in [2.45, 2.75) is 122 Å². The van der Waals surface area contributed by atoms with Crippen LogP contribution in [0.15, 0.2) is 65.2 Å². The molecular formula is C44H61N7O8. The van der Waals surface area contributed by atoms with E-state index in [9.17, 15) is 33.9 Å². The average molecular weight is 816 g/mol. The molecule has 2 aliphatic heterocycles. The number of nitrogens with one attached hydrogen (secondary N) is 3. The highest BCUT2D eigenvalue weighted by atomic mass is 16.5. The number of benzene rings is 2. The summed E-state index contributed by atoms with van der Waals surface area (Å²) in [4.78, 5) is 86.9. The van der Waals surface area contributed by atoms with Gasteiger partial charge in [-0.25, -0.2) is 9.59 Å². The topological polar surface area (TPSA) is 236 Å². The van der Waals surface area contributed by atoms with Crippen molar-refractivity contribution in [2.75, 3.05) is 19.7 Å². The van der Waals surface area contributed by atoms with E-state index in [0.29, 0.717) is 25.7 Å². The van der Waals surface area contributed by atoms with E-state index >= 15 is 0 Å². The molecule has 5 rings (SSSR count). The standard InChI is InChI=1S/C42H55N7O8.C2H6/c1-25(2)19-20-32-36(50)23-26(11-9-21-45-41(43)44)37(51)47-34(40(54)55)17-8-7-16-33(39(53)49-22-10-18-35(49)38(52)46-32)48-42(56)57-24-31-29-14-5-3-12-27(29)28-13-4-6-15-30(28)31;1-2/h3-6,12-15,19,26,31-35H,7-11,16-18,20-24H2,1-2H3,(H,46,52)(H,47,51)(H,48,56)(H,54,55)(H4,43,44,45);1-2H3/t26-,32+,33+,34+,35?;/m1./s1. The van der Waals surface area contributed by atoms with Crippen LogP contribution in [0.3, 0.4) is 0 Å². The quantitative estimate of drug-likeness (QED) is 0.0849. The molecule has 59 heavy (non-hydrogen) atoms. The van der Waals surface area contributed by atoms with Gasteiger partial charge < -0.3 is 42.2 Å². The molecule has 1 aliphatic carbocycles. The fourth-order valence-electron chi connectivity index (χ4n) is 7.94. The Labute approximate surface area is 346 Å². The number of carbonyl (C=O) groups excluding carboxylic acids is 5. The van der Waals surface area contributed by atoms with Gasteiger partial charge in [-0.1, -0.05) is 86.9 Å². The Hall–Kier alpha value is -5.73. The smallest absolute Gasteiger partial charge is 0.407 e. The summed E-state index contributed by atoms with van der Waals surface area (Å²) < 4.78 is 5.78. The summed E-state index contributed by atoms with van der Waals surface area (Å²) in [6.45, 7) is 8.22. The Morgan fingerprint density at radius 3 is 2.19 bits per heavy atom. The highest BCUT2D eigenvalue weighted by Crippen LogP contribution is 2.44. The maximum Gasteiger partial charge on any atom is 0.407 e. The molecule has 8 N–H and O–H groups in total. The Balaban J connectivity index is 0.00000378. The van der Waals surface area contributed by atoms with Crippen LogP contribution in [-0.4, -0.2) is 95.4 Å². The van der Waals surface area contributed by atoms with Gasteiger partial charge in [0.05, 0.1) is 6.04 Å². The number of rotatable bonds is 10. The summed E-state index contributed by atoms with van der Waals surface area (Å²) in [7, 11) is 0. The van der Waals surface area contributed by atoms with E-state index in [1.54, 1.807) is 0 Å². The summed E-state index contributed by atoms with van der Waals surface area (Å²) >= 11 is 0. The van der Waals surface area contributed by atoms with E-state index < -0.39 is 65.7 Å². The van der Waals surface area contributed by atoms with Crippen molar-refractivity contribution in [1.29, 1.82) is 0 Å². The third kappa shape index (κ3) is 12.6. The van der Waals surface area contributed by atoms with Gasteiger partial charge in [-0.2, -0.15) is 0 Å². The second-order valence-electron chi connectivity index (χ2n) is 15.3. The van der Waals surface area contributed by atoms with Crippen molar-refractivity contribution in [2.24, 2.45) is 22.4 Å². The average Bonchev–Trinajstić information content (AvgIpc) is 3.84. The Morgan fingerprint density at radius 2 is 1.56 bits per heavy atom. The van der Waals surface area contributed by atoms with E-state index in [4.69, 9.17) is 16.2 Å². The second-order valence-corrected chi connectivity index (χ2v) is 15.3. The first-order valence-electron chi connectivity index (χ1n) is 20.8. The molecular weight excluding hydrogens is 755 g/mol. The van der Waals surface area contributed by atoms with Gasteiger partial charge in [0.25, 0.3) is 0 Å². The molecule has 2 aromatic carbocycles. The molecule has 3 aliphatic rings. The number of alkyl carbamates (subject to hydrolysis) is 1. The van der Waals surface area contributed by atoms with E-state index in [-0.39, 0.29) is 70.1 Å². The lowest BCUT2D eigenvalue weighted by atomic mass is 9.91. The summed E-state index contributed by atoms with van der Waals surface area (Å²) in [6.07, 6.45) is 3.11. The molecule has 2 heterocycles. The lowest BCUT2D eigenvalue weighted by Gasteiger charge is -2.30. The lowest BCUT2D eigenvalue weighted by Crippen LogP contribution is -2.55. The minimum Gasteiger partial charge on any atom is -0.480 e. The van der Waals surface area contributed by atoms with Crippen LogP contribution in [0.2, 0.25) is 0 Å². The van der Waals surface area contributed by atoms with Gasteiger partial charge in [-0.15, -0.1) is 0 Å². The molecule has 2 saturated heterocycles. The number of carboxylic acid groups (broad SMARTS) is 1. The minimum atomic E-state index is -1.27.